The quantitative estimate of drug-likeness (QED) is 0.880. The standard InChI is InChI=1S/C16H27N3/c1-4-14-7-10-19(11-8-14)16-12-15(6-9-18-16)13(3)17-5-2/h6,9,12-14,17H,4-5,7-8,10-11H2,1-3H3. The Labute approximate surface area is 117 Å². The largest absolute Gasteiger partial charge is 0.357 e. The molecule has 0 aromatic carbocycles. The van der Waals surface area contributed by atoms with Crippen molar-refractivity contribution in [3.8, 4) is 0 Å². The Kier molecular flexibility index (Phi) is 5.20. The lowest BCUT2D eigenvalue weighted by Gasteiger charge is -2.32. The van der Waals surface area contributed by atoms with Crippen LogP contribution in [0.3, 0.4) is 0 Å². The summed E-state index contributed by atoms with van der Waals surface area (Å²) in [4.78, 5) is 6.99. The molecule has 0 saturated carbocycles. The molecule has 2 rings (SSSR count). The second-order valence-corrected chi connectivity index (χ2v) is 5.57. The lowest BCUT2D eigenvalue weighted by Crippen LogP contribution is -2.34. The summed E-state index contributed by atoms with van der Waals surface area (Å²) in [5, 5.41) is 3.46. The SMILES string of the molecule is CCNC(C)c1ccnc(N2CCC(CC)CC2)c1. The molecule has 0 bridgehead atoms. The van der Waals surface area contributed by atoms with Crippen molar-refractivity contribution in [3.63, 3.8) is 0 Å². The Morgan fingerprint density at radius 3 is 2.74 bits per heavy atom. The molecule has 1 N–H and O–H groups in total. The predicted molar refractivity (Wildman–Crippen MR) is 81.6 cm³/mol. The van der Waals surface area contributed by atoms with Gasteiger partial charge < -0.3 is 10.2 Å². The van der Waals surface area contributed by atoms with E-state index < -0.39 is 0 Å². The summed E-state index contributed by atoms with van der Waals surface area (Å²) in [6.07, 6.45) is 5.89. The first-order chi connectivity index (χ1) is 9.24. The van der Waals surface area contributed by atoms with Crippen LogP contribution in [0.25, 0.3) is 0 Å². The highest BCUT2D eigenvalue weighted by atomic mass is 15.2. The molecular formula is C16H27N3. The minimum atomic E-state index is 0.403. The van der Waals surface area contributed by atoms with E-state index in [0.29, 0.717) is 6.04 Å². The van der Waals surface area contributed by atoms with Crippen molar-refractivity contribution >= 4 is 5.82 Å². The maximum Gasteiger partial charge on any atom is 0.128 e. The summed E-state index contributed by atoms with van der Waals surface area (Å²) in [7, 11) is 0. The van der Waals surface area contributed by atoms with Crippen LogP contribution in [-0.2, 0) is 0 Å². The number of aromatic nitrogens is 1. The summed E-state index contributed by atoms with van der Waals surface area (Å²) in [5.74, 6) is 2.07. The monoisotopic (exact) mass is 261 g/mol. The van der Waals surface area contributed by atoms with Gasteiger partial charge in [0.2, 0.25) is 0 Å². The van der Waals surface area contributed by atoms with E-state index in [0.717, 1.165) is 31.4 Å². The topological polar surface area (TPSA) is 28.2 Å². The van der Waals surface area contributed by atoms with Crippen LogP contribution in [0.2, 0.25) is 0 Å². The molecule has 1 aromatic rings. The second-order valence-electron chi connectivity index (χ2n) is 5.57. The zero-order valence-electron chi connectivity index (χ0n) is 12.5. The van der Waals surface area contributed by atoms with Gasteiger partial charge in [-0.15, -0.1) is 0 Å². The van der Waals surface area contributed by atoms with Gasteiger partial charge in [0.15, 0.2) is 0 Å². The third kappa shape index (κ3) is 3.69. The fourth-order valence-corrected chi connectivity index (χ4v) is 2.87. The molecule has 1 saturated heterocycles. The van der Waals surface area contributed by atoms with E-state index in [1.54, 1.807) is 0 Å². The number of nitrogens with one attached hydrogen (secondary N) is 1. The minimum absolute atomic E-state index is 0.403. The van der Waals surface area contributed by atoms with Crippen LogP contribution in [0.4, 0.5) is 5.82 Å². The van der Waals surface area contributed by atoms with Gasteiger partial charge in [-0.05, 0) is 49.9 Å². The van der Waals surface area contributed by atoms with Gasteiger partial charge in [0.25, 0.3) is 0 Å². The summed E-state index contributed by atoms with van der Waals surface area (Å²) < 4.78 is 0. The number of nitrogens with zero attached hydrogens (tertiary/aromatic N) is 2. The van der Waals surface area contributed by atoms with Crippen molar-refractivity contribution in [3.05, 3.63) is 23.9 Å². The van der Waals surface area contributed by atoms with Crippen molar-refractivity contribution in [2.75, 3.05) is 24.5 Å². The highest BCUT2D eigenvalue weighted by Gasteiger charge is 2.19. The van der Waals surface area contributed by atoms with Crippen LogP contribution in [0.15, 0.2) is 18.3 Å². The van der Waals surface area contributed by atoms with Crippen LogP contribution in [-0.4, -0.2) is 24.6 Å². The molecule has 1 aliphatic heterocycles. The van der Waals surface area contributed by atoms with Crippen LogP contribution >= 0.6 is 0 Å². The molecule has 3 nitrogen and oxygen atoms in total. The van der Waals surface area contributed by atoms with Crippen LogP contribution in [0.1, 0.15) is 51.6 Å². The van der Waals surface area contributed by atoms with Gasteiger partial charge in [-0.2, -0.15) is 0 Å². The zero-order chi connectivity index (χ0) is 13.7. The lowest BCUT2D eigenvalue weighted by atomic mass is 9.94. The molecule has 0 radical (unpaired) electrons. The molecule has 1 unspecified atom stereocenters. The Hall–Kier alpha value is -1.09. The average molecular weight is 261 g/mol. The van der Waals surface area contributed by atoms with Gasteiger partial charge in [0, 0.05) is 25.3 Å². The fourth-order valence-electron chi connectivity index (χ4n) is 2.87. The zero-order valence-corrected chi connectivity index (χ0v) is 12.5. The maximum absolute atomic E-state index is 4.55. The van der Waals surface area contributed by atoms with Crippen molar-refractivity contribution in [2.45, 2.75) is 46.1 Å². The van der Waals surface area contributed by atoms with Crippen molar-refractivity contribution in [2.24, 2.45) is 5.92 Å². The predicted octanol–water partition coefficient (Wildman–Crippen LogP) is 3.38. The number of anilines is 1. The van der Waals surface area contributed by atoms with Gasteiger partial charge >= 0.3 is 0 Å². The Bertz CT molecular complexity index is 383. The number of rotatable bonds is 5. The van der Waals surface area contributed by atoms with Crippen molar-refractivity contribution < 1.29 is 0 Å². The van der Waals surface area contributed by atoms with E-state index in [-0.39, 0.29) is 0 Å². The Morgan fingerprint density at radius 1 is 1.37 bits per heavy atom. The molecule has 106 valence electrons. The van der Waals surface area contributed by atoms with Crippen LogP contribution < -0.4 is 10.2 Å². The molecule has 2 heterocycles. The number of pyridine rings is 1. The smallest absolute Gasteiger partial charge is 0.128 e. The van der Waals surface area contributed by atoms with Crippen molar-refractivity contribution in [1.29, 1.82) is 0 Å². The number of piperidine rings is 1. The van der Waals surface area contributed by atoms with Gasteiger partial charge in [0.05, 0.1) is 0 Å². The van der Waals surface area contributed by atoms with Crippen LogP contribution in [0, 0.1) is 5.92 Å². The first-order valence-electron chi connectivity index (χ1n) is 7.68. The van der Waals surface area contributed by atoms with E-state index in [2.05, 4.69) is 48.1 Å². The van der Waals surface area contributed by atoms with E-state index in [4.69, 9.17) is 0 Å². The first-order valence-corrected chi connectivity index (χ1v) is 7.68. The lowest BCUT2D eigenvalue weighted by molar-refractivity contribution is 0.393. The fraction of sp³-hybridized carbons (Fsp3) is 0.688. The van der Waals surface area contributed by atoms with E-state index in [1.165, 1.54) is 24.8 Å². The van der Waals surface area contributed by atoms with Gasteiger partial charge in [-0.3, -0.25) is 0 Å². The summed E-state index contributed by atoms with van der Waals surface area (Å²) in [6.45, 7) is 9.98. The summed E-state index contributed by atoms with van der Waals surface area (Å²) in [6, 6.07) is 4.77. The third-order valence-electron chi connectivity index (χ3n) is 4.30. The Balaban J connectivity index is 2.03. The summed E-state index contributed by atoms with van der Waals surface area (Å²) in [5.41, 5.74) is 1.34. The maximum atomic E-state index is 4.55. The molecular weight excluding hydrogens is 234 g/mol. The van der Waals surface area contributed by atoms with Crippen LogP contribution in [0.5, 0.6) is 0 Å². The van der Waals surface area contributed by atoms with E-state index in [1.807, 2.05) is 6.20 Å². The molecule has 19 heavy (non-hydrogen) atoms. The average Bonchev–Trinajstić information content (AvgIpc) is 2.48. The molecule has 0 aliphatic carbocycles. The van der Waals surface area contributed by atoms with Crippen molar-refractivity contribution in [1.82, 2.24) is 10.3 Å². The molecule has 1 fully saturated rings. The van der Waals surface area contributed by atoms with Gasteiger partial charge in [-0.25, -0.2) is 4.98 Å². The molecule has 1 aromatic heterocycles. The normalized spacial score (nSPS) is 18.6. The highest BCUT2D eigenvalue weighted by molar-refractivity contribution is 5.42. The highest BCUT2D eigenvalue weighted by Crippen LogP contribution is 2.25. The molecule has 1 atom stereocenters. The molecule has 3 heteroatoms. The second kappa shape index (κ2) is 6.90. The minimum Gasteiger partial charge on any atom is -0.357 e. The first kappa shape index (κ1) is 14.3. The third-order valence-corrected chi connectivity index (χ3v) is 4.30. The molecule has 0 spiro atoms. The summed E-state index contributed by atoms with van der Waals surface area (Å²) >= 11 is 0. The Morgan fingerprint density at radius 2 is 2.11 bits per heavy atom. The number of hydrogen-bond acceptors (Lipinski definition) is 3. The molecule has 0 amide bonds. The van der Waals surface area contributed by atoms with E-state index in [9.17, 15) is 0 Å². The van der Waals surface area contributed by atoms with Gasteiger partial charge in [0.1, 0.15) is 5.82 Å². The van der Waals surface area contributed by atoms with E-state index >= 15 is 0 Å². The number of hydrogen-bond donors (Lipinski definition) is 1. The molecule has 1 aliphatic rings. The van der Waals surface area contributed by atoms with Gasteiger partial charge in [-0.1, -0.05) is 20.3 Å².